The minimum Gasteiger partial charge on any atom is -0.497 e. The number of amides is 1. The Bertz CT molecular complexity index is 517. The van der Waals surface area contributed by atoms with Crippen LogP contribution in [0.3, 0.4) is 0 Å². The molecule has 1 aliphatic rings. The van der Waals surface area contributed by atoms with Crippen molar-refractivity contribution in [3.05, 3.63) is 29.8 Å². The fraction of sp³-hybridized carbons (Fsp3) is 0.611. The molecule has 0 aliphatic carbocycles. The van der Waals surface area contributed by atoms with Crippen LogP contribution in [0.4, 0.5) is 0 Å². The highest BCUT2D eigenvalue weighted by molar-refractivity contribution is 5.82. The molecule has 0 bridgehead atoms. The molecule has 1 aliphatic heterocycles. The van der Waals surface area contributed by atoms with Crippen molar-refractivity contribution < 1.29 is 14.6 Å². The van der Waals surface area contributed by atoms with Crippen molar-refractivity contribution in [2.75, 3.05) is 33.3 Å². The molecule has 128 valence electrons. The first-order valence-electron chi connectivity index (χ1n) is 8.45. The molecule has 1 fully saturated rings. The summed E-state index contributed by atoms with van der Waals surface area (Å²) in [6.45, 7) is 6.82. The maximum absolute atomic E-state index is 12.6. The number of likely N-dealkylation sites (tertiary alicyclic amines) is 1. The van der Waals surface area contributed by atoms with Crippen molar-refractivity contribution in [2.45, 2.75) is 38.8 Å². The van der Waals surface area contributed by atoms with E-state index in [4.69, 9.17) is 4.74 Å². The van der Waals surface area contributed by atoms with E-state index < -0.39 is 6.10 Å². The second-order valence-corrected chi connectivity index (χ2v) is 5.96. The zero-order chi connectivity index (χ0) is 16.8. The number of hydrogen-bond acceptors (Lipinski definition) is 4. The maximum atomic E-state index is 12.6. The van der Waals surface area contributed by atoms with Gasteiger partial charge in [-0.1, -0.05) is 12.1 Å². The third kappa shape index (κ3) is 4.24. The predicted molar refractivity (Wildman–Crippen MR) is 90.5 cm³/mol. The van der Waals surface area contributed by atoms with Gasteiger partial charge in [-0.2, -0.15) is 0 Å². The van der Waals surface area contributed by atoms with Gasteiger partial charge in [-0.25, -0.2) is 0 Å². The molecule has 1 aromatic carbocycles. The van der Waals surface area contributed by atoms with E-state index in [9.17, 15) is 9.90 Å². The highest BCUT2D eigenvalue weighted by Gasteiger charge is 2.33. The Morgan fingerprint density at radius 3 is 2.83 bits per heavy atom. The van der Waals surface area contributed by atoms with Gasteiger partial charge in [0, 0.05) is 19.6 Å². The molecule has 0 saturated carbocycles. The summed E-state index contributed by atoms with van der Waals surface area (Å²) in [5.74, 6) is 0.920. The molecule has 0 radical (unpaired) electrons. The molecule has 5 heteroatoms. The monoisotopic (exact) mass is 320 g/mol. The molecule has 0 spiro atoms. The molecule has 1 saturated heterocycles. The maximum Gasteiger partial charge on any atom is 0.239 e. The van der Waals surface area contributed by atoms with E-state index in [2.05, 4.69) is 4.90 Å². The average molecular weight is 320 g/mol. The molecule has 1 aromatic rings. The number of carbonyl (C=O) groups excluding carboxylic acids is 1. The van der Waals surface area contributed by atoms with Gasteiger partial charge in [0.2, 0.25) is 5.91 Å². The number of β-amino-alcohol motifs (C(OH)–C–C–N with tert-alkyl or cyclic N) is 1. The smallest absolute Gasteiger partial charge is 0.239 e. The van der Waals surface area contributed by atoms with Gasteiger partial charge in [-0.05, 0) is 50.9 Å². The summed E-state index contributed by atoms with van der Waals surface area (Å²) in [6, 6.07) is 7.38. The summed E-state index contributed by atoms with van der Waals surface area (Å²) in [6.07, 6.45) is 1.26. The van der Waals surface area contributed by atoms with Gasteiger partial charge in [-0.15, -0.1) is 0 Å². The minimum atomic E-state index is -0.616. The number of methoxy groups -OCH3 is 1. The first-order chi connectivity index (χ1) is 11.1. The Hall–Kier alpha value is -1.59. The third-order valence-corrected chi connectivity index (χ3v) is 4.61. The zero-order valence-electron chi connectivity index (χ0n) is 14.4. The molecular formula is C18H28N2O3. The number of rotatable bonds is 7. The summed E-state index contributed by atoms with van der Waals surface area (Å²) in [5.41, 5.74) is 0.824. The lowest BCUT2D eigenvalue weighted by Gasteiger charge is -2.30. The van der Waals surface area contributed by atoms with E-state index in [0.717, 1.165) is 43.8 Å². The average Bonchev–Trinajstić information content (AvgIpc) is 3.04. The van der Waals surface area contributed by atoms with Crippen molar-refractivity contribution in [3.63, 3.8) is 0 Å². The topological polar surface area (TPSA) is 53.0 Å². The van der Waals surface area contributed by atoms with Crippen LogP contribution in [0.5, 0.6) is 5.75 Å². The van der Waals surface area contributed by atoms with Crippen LogP contribution in [0.15, 0.2) is 24.3 Å². The van der Waals surface area contributed by atoms with Crippen molar-refractivity contribution in [3.8, 4) is 5.75 Å². The van der Waals surface area contributed by atoms with Crippen LogP contribution >= 0.6 is 0 Å². The first-order valence-corrected chi connectivity index (χ1v) is 8.45. The van der Waals surface area contributed by atoms with Crippen LogP contribution in [0, 0.1) is 0 Å². The predicted octanol–water partition coefficient (Wildman–Crippen LogP) is 2.06. The normalized spacial score (nSPS) is 19.6. The number of benzene rings is 1. The molecule has 23 heavy (non-hydrogen) atoms. The Kier molecular flexibility index (Phi) is 6.42. The zero-order valence-corrected chi connectivity index (χ0v) is 14.4. The summed E-state index contributed by atoms with van der Waals surface area (Å²) in [5, 5.41) is 10.5. The molecular weight excluding hydrogens is 292 g/mol. The van der Waals surface area contributed by atoms with Crippen molar-refractivity contribution in [2.24, 2.45) is 0 Å². The van der Waals surface area contributed by atoms with Gasteiger partial charge in [-0.3, -0.25) is 9.69 Å². The molecule has 2 rings (SSSR count). The van der Waals surface area contributed by atoms with Crippen molar-refractivity contribution >= 4 is 5.91 Å². The molecule has 2 atom stereocenters. The van der Waals surface area contributed by atoms with Crippen molar-refractivity contribution in [1.29, 1.82) is 0 Å². The molecule has 0 aromatic heterocycles. The number of aliphatic hydroxyl groups excluding tert-OH is 1. The van der Waals surface area contributed by atoms with Crippen LogP contribution in [0.1, 0.15) is 38.4 Å². The lowest BCUT2D eigenvalue weighted by molar-refractivity contribution is -0.136. The highest BCUT2D eigenvalue weighted by Crippen LogP contribution is 2.25. The van der Waals surface area contributed by atoms with Gasteiger partial charge in [0.05, 0.1) is 19.3 Å². The summed E-state index contributed by atoms with van der Waals surface area (Å²) >= 11 is 0. The lowest BCUT2D eigenvalue weighted by Crippen LogP contribution is -2.46. The van der Waals surface area contributed by atoms with Gasteiger partial charge in [0.15, 0.2) is 0 Å². The summed E-state index contributed by atoms with van der Waals surface area (Å²) in [7, 11) is 1.62. The molecule has 2 unspecified atom stereocenters. The fourth-order valence-corrected chi connectivity index (χ4v) is 3.25. The standard InChI is InChI=1S/C18H28N2O3/c1-4-19(5-2)18(22)16-10-7-11-20(16)13-17(21)14-8-6-9-15(12-14)23-3/h6,8-9,12,16-17,21H,4-5,7,10-11,13H2,1-3H3. The van der Waals surface area contributed by atoms with E-state index in [-0.39, 0.29) is 11.9 Å². The highest BCUT2D eigenvalue weighted by atomic mass is 16.5. The number of likely N-dealkylation sites (N-methyl/N-ethyl adjacent to an activating group) is 1. The Labute approximate surface area is 138 Å². The van der Waals surface area contributed by atoms with E-state index in [0.29, 0.717) is 6.54 Å². The van der Waals surface area contributed by atoms with Gasteiger partial charge < -0.3 is 14.7 Å². The molecule has 1 heterocycles. The number of hydrogen-bond donors (Lipinski definition) is 1. The Morgan fingerprint density at radius 1 is 1.43 bits per heavy atom. The van der Waals surface area contributed by atoms with Crippen LogP contribution in [0.25, 0.3) is 0 Å². The van der Waals surface area contributed by atoms with Crippen LogP contribution in [-0.2, 0) is 4.79 Å². The largest absolute Gasteiger partial charge is 0.497 e. The fourth-order valence-electron chi connectivity index (χ4n) is 3.25. The van der Waals surface area contributed by atoms with Gasteiger partial charge >= 0.3 is 0 Å². The van der Waals surface area contributed by atoms with Gasteiger partial charge in [0.1, 0.15) is 5.75 Å². The number of ether oxygens (including phenoxy) is 1. The number of aliphatic hydroxyl groups is 1. The third-order valence-electron chi connectivity index (χ3n) is 4.61. The lowest BCUT2D eigenvalue weighted by atomic mass is 10.1. The second-order valence-electron chi connectivity index (χ2n) is 5.96. The summed E-state index contributed by atoms with van der Waals surface area (Å²) < 4.78 is 5.21. The number of carbonyl (C=O) groups is 1. The summed E-state index contributed by atoms with van der Waals surface area (Å²) in [4.78, 5) is 16.6. The van der Waals surface area contributed by atoms with Crippen LogP contribution in [-0.4, -0.2) is 60.1 Å². The molecule has 5 nitrogen and oxygen atoms in total. The first kappa shape index (κ1) is 17.8. The van der Waals surface area contributed by atoms with Gasteiger partial charge in [0.25, 0.3) is 0 Å². The Balaban J connectivity index is 2.04. The molecule has 1 N–H and O–H groups in total. The quantitative estimate of drug-likeness (QED) is 0.835. The van der Waals surface area contributed by atoms with E-state index in [1.165, 1.54) is 0 Å². The van der Waals surface area contributed by atoms with E-state index in [1.54, 1.807) is 7.11 Å². The van der Waals surface area contributed by atoms with Crippen LogP contribution < -0.4 is 4.74 Å². The SMILES string of the molecule is CCN(CC)C(=O)C1CCCN1CC(O)c1cccc(OC)c1. The minimum absolute atomic E-state index is 0.102. The van der Waals surface area contributed by atoms with E-state index in [1.807, 2.05) is 43.0 Å². The number of nitrogens with zero attached hydrogens (tertiary/aromatic N) is 2. The molecule has 1 amide bonds. The van der Waals surface area contributed by atoms with Crippen molar-refractivity contribution in [1.82, 2.24) is 9.80 Å². The Morgan fingerprint density at radius 2 is 2.17 bits per heavy atom. The van der Waals surface area contributed by atoms with Crippen LogP contribution in [0.2, 0.25) is 0 Å². The van der Waals surface area contributed by atoms with E-state index >= 15 is 0 Å². The second kappa shape index (κ2) is 8.31.